The molecule has 0 aliphatic heterocycles. The molecule has 2 rings (SSSR count). The largest absolute Gasteiger partial charge is 0.377 e. The Balaban J connectivity index is 2.39. The minimum atomic E-state index is -2.90. The van der Waals surface area contributed by atoms with Gasteiger partial charge in [-0.25, -0.2) is 8.78 Å². The van der Waals surface area contributed by atoms with Crippen LogP contribution < -0.4 is 5.32 Å². The molecule has 2 aromatic rings. The van der Waals surface area contributed by atoms with Crippen molar-refractivity contribution in [2.24, 2.45) is 0 Å². The van der Waals surface area contributed by atoms with Crippen LogP contribution >= 0.6 is 0 Å². The van der Waals surface area contributed by atoms with E-state index in [0.717, 1.165) is 23.6 Å². The minimum Gasteiger partial charge on any atom is -0.377 e. The smallest absolute Gasteiger partial charge is 0.272 e. The molecule has 0 atom stereocenters. The highest BCUT2D eigenvalue weighted by molar-refractivity contribution is 5.73. The minimum absolute atomic E-state index is 0.114. The normalized spacial score (nSPS) is 12.3. The van der Waals surface area contributed by atoms with E-state index >= 15 is 0 Å². The third-order valence-corrected chi connectivity index (χ3v) is 3.70. The Hall–Kier alpha value is -2.74. The average Bonchev–Trinajstić information content (AvgIpc) is 2.58. The predicted molar refractivity (Wildman–Crippen MR) is 91.1 cm³/mol. The van der Waals surface area contributed by atoms with Crippen molar-refractivity contribution >= 4 is 5.57 Å². The molecule has 1 N–H and O–H groups in total. The van der Waals surface area contributed by atoms with E-state index in [-0.39, 0.29) is 5.56 Å². The summed E-state index contributed by atoms with van der Waals surface area (Å²) in [4.78, 5) is 4.14. The van der Waals surface area contributed by atoms with Gasteiger partial charge in [-0.1, -0.05) is 18.2 Å². The number of benzene rings is 1. The molecule has 3 nitrogen and oxygen atoms in total. The van der Waals surface area contributed by atoms with Gasteiger partial charge in [0.2, 0.25) is 0 Å². The van der Waals surface area contributed by atoms with Crippen LogP contribution in [-0.2, 0) is 5.92 Å². The summed E-state index contributed by atoms with van der Waals surface area (Å²) in [5.74, 6) is -2.90. The Morgan fingerprint density at radius 3 is 2.58 bits per heavy atom. The maximum Gasteiger partial charge on any atom is 0.272 e. The summed E-state index contributed by atoms with van der Waals surface area (Å²) in [5.41, 5.74) is 3.54. The van der Waals surface area contributed by atoms with Crippen LogP contribution in [-0.4, -0.2) is 11.5 Å². The molecule has 0 saturated carbocycles. The summed E-state index contributed by atoms with van der Waals surface area (Å²) in [6, 6.07) is 12.7. The number of rotatable bonds is 5. The van der Waals surface area contributed by atoms with Gasteiger partial charge in [0.05, 0.1) is 5.69 Å². The van der Waals surface area contributed by atoms with E-state index < -0.39 is 5.92 Å². The molecule has 0 bridgehead atoms. The molecule has 24 heavy (non-hydrogen) atoms. The third-order valence-electron chi connectivity index (χ3n) is 3.70. The quantitative estimate of drug-likeness (QED) is 0.808. The van der Waals surface area contributed by atoms with Crippen LogP contribution in [0.3, 0.4) is 0 Å². The van der Waals surface area contributed by atoms with Gasteiger partial charge in [0.15, 0.2) is 0 Å². The molecule has 0 amide bonds. The number of allylic oxidation sites excluding steroid dienone is 2. The van der Waals surface area contributed by atoms with Crippen LogP contribution in [0.1, 0.15) is 31.9 Å². The SMILES string of the molecule is CCN/C(C#N)=C(\C)c1cccc(-c2ccc(C(C)(F)F)cn2)c1. The molecule has 0 radical (unpaired) electrons. The number of nitrogens with one attached hydrogen (secondary N) is 1. The van der Waals surface area contributed by atoms with Crippen molar-refractivity contribution in [1.82, 2.24) is 10.3 Å². The molecule has 0 saturated heterocycles. The number of nitrogens with zero attached hydrogens (tertiary/aromatic N) is 2. The summed E-state index contributed by atoms with van der Waals surface area (Å²) in [5, 5.41) is 12.3. The van der Waals surface area contributed by atoms with Gasteiger partial charge in [-0.15, -0.1) is 0 Å². The van der Waals surface area contributed by atoms with Crippen LogP contribution in [0.25, 0.3) is 16.8 Å². The fourth-order valence-electron chi connectivity index (χ4n) is 2.31. The standard InChI is InChI=1S/C19H19F2N3/c1-4-23-18(11-22)13(2)14-6-5-7-15(10-14)17-9-8-16(12-24-17)19(3,20)21/h5-10,12,23H,4H2,1-3H3/b18-13+. The van der Waals surface area contributed by atoms with E-state index in [1.807, 2.05) is 38.1 Å². The number of hydrogen-bond acceptors (Lipinski definition) is 3. The van der Waals surface area contributed by atoms with Crippen molar-refractivity contribution < 1.29 is 8.78 Å². The van der Waals surface area contributed by atoms with E-state index in [1.54, 1.807) is 6.07 Å². The van der Waals surface area contributed by atoms with Gasteiger partial charge in [0.1, 0.15) is 11.8 Å². The van der Waals surface area contributed by atoms with Crippen molar-refractivity contribution in [3.8, 4) is 17.3 Å². The molecule has 5 heteroatoms. The van der Waals surface area contributed by atoms with E-state index in [1.165, 1.54) is 12.3 Å². The summed E-state index contributed by atoms with van der Waals surface area (Å²) < 4.78 is 26.6. The first-order chi connectivity index (χ1) is 11.4. The number of hydrogen-bond donors (Lipinski definition) is 1. The Kier molecular flexibility index (Phi) is 5.30. The van der Waals surface area contributed by atoms with E-state index in [9.17, 15) is 14.0 Å². The Bertz CT molecular complexity index is 781. The highest BCUT2D eigenvalue weighted by Gasteiger charge is 2.24. The molecule has 1 aromatic heterocycles. The second-order valence-corrected chi connectivity index (χ2v) is 5.54. The monoisotopic (exact) mass is 327 g/mol. The zero-order valence-electron chi connectivity index (χ0n) is 13.9. The fraction of sp³-hybridized carbons (Fsp3) is 0.263. The van der Waals surface area contributed by atoms with E-state index in [2.05, 4.69) is 16.4 Å². The lowest BCUT2D eigenvalue weighted by molar-refractivity contribution is 0.0171. The highest BCUT2D eigenvalue weighted by atomic mass is 19.3. The summed E-state index contributed by atoms with van der Waals surface area (Å²) in [6.07, 6.45) is 1.20. The summed E-state index contributed by atoms with van der Waals surface area (Å²) in [7, 11) is 0. The van der Waals surface area contributed by atoms with E-state index in [4.69, 9.17) is 0 Å². The predicted octanol–water partition coefficient (Wildman–Crippen LogP) is 4.72. The van der Waals surface area contributed by atoms with Crippen LogP contribution in [0.4, 0.5) is 8.78 Å². The topological polar surface area (TPSA) is 48.7 Å². The van der Waals surface area contributed by atoms with Crippen molar-refractivity contribution in [3.63, 3.8) is 0 Å². The summed E-state index contributed by atoms with van der Waals surface area (Å²) in [6.45, 7) is 5.31. The zero-order chi connectivity index (χ0) is 17.7. The second kappa shape index (κ2) is 7.22. The Morgan fingerprint density at radius 1 is 1.29 bits per heavy atom. The van der Waals surface area contributed by atoms with Crippen molar-refractivity contribution in [1.29, 1.82) is 5.26 Å². The van der Waals surface area contributed by atoms with E-state index in [0.29, 0.717) is 17.9 Å². The number of pyridine rings is 1. The maximum absolute atomic E-state index is 13.3. The Morgan fingerprint density at radius 2 is 2.04 bits per heavy atom. The van der Waals surface area contributed by atoms with Crippen LogP contribution in [0.15, 0.2) is 48.3 Å². The number of halogens is 2. The van der Waals surface area contributed by atoms with Gasteiger partial charge in [-0.3, -0.25) is 4.98 Å². The van der Waals surface area contributed by atoms with Gasteiger partial charge < -0.3 is 5.32 Å². The highest BCUT2D eigenvalue weighted by Crippen LogP contribution is 2.28. The van der Waals surface area contributed by atoms with Crippen molar-refractivity contribution in [2.75, 3.05) is 6.54 Å². The van der Waals surface area contributed by atoms with Gasteiger partial charge in [-0.2, -0.15) is 5.26 Å². The molecular formula is C19H19F2N3. The molecule has 0 fully saturated rings. The first-order valence-corrected chi connectivity index (χ1v) is 7.66. The van der Waals surface area contributed by atoms with Crippen molar-refractivity contribution in [2.45, 2.75) is 26.7 Å². The number of aromatic nitrogens is 1. The first-order valence-electron chi connectivity index (χ1n) is 7.66. The third kappa shape index (κ3) is 3.96. The van der Waals surface area contributed by atoms with Crippen LogP contribution in [0.5, 0.6) is 0 Å². The molecule has 0 spiro atoms. The van der Waals surface area contributed by atoms with Gasteiger partial charge >= 0.3 is 0 Å². The molecular weight excluding hydrogens is 308 g/mol. The first kappa shape index (κ1) is 17.6. The lowest BCUT2D eigenvalue weighted by atomic mass is 10.0. The average molecular weight is 327 g/mol. The fourth-order valence-corrected chi connectivity index (χ4v) is 2.31. The van der Waals surface area contributed by atoms with Gasteiger partial charge in [0.25, 0.3) is 5.92 Å². The number of alkyl halides is 2. The lowest BCUT2D eigenvalue weighted by Gasteiger charge is -2.11. The molecule has 0 aliphatic rings. The second-order valence-electron chi connectivity index (χ2n) is 5.54. The molecule has 124 valence electrons. The zero-order valence-corrected chi connectivity index (χ0v) is 13.9. The number of nitriles is 1. The van der Waals surface area contributed by atoms with Crippen LogP contribution in [0.2, 0.25) is 0 Å². The maximum atomic E-state index is 13.3. The lowest BCUT2D eigenvalue weighted by Crippen LogP contribution is -2.12. The van der Waals surface area contributed by atoms with Gasteiger partial charge in [0, 0.05) is 30.8 Å². The molecule has 0 unspecified atom stereocenters. The molecule has 0 aliphatic carbocycles. The van der Waals surface area contributed by atoms with Crippen molar-refractivity contribution in [3.05, 3.63) is 59.4 Å². The Labute approximate surface area is 140 Å². The molecule has 1 aromatic carbocycles. The van der Waals surface area contributed by atoms with Gasteiger partial charge in [-0.05, 0) is 43.2 Å². The molecule has 1 heterocycles. The van der Waals surface area contributed by atoms with Crippen LogP contribution in [0, 0.1) is 11.3 Å². The summed E-state index contributed by atoms with van der Waals surface area (Å²) >= 11 is 0.